The number of ketones is 1. The van der Waals surface area contributed by atoms with Crippen LogP contribution in [0.1, 0.15) is 70.2 Å². The summed E-state index contributed by atoms with van der Waals surface area (Å²) in [4.78, 5) is 59.9. The standard InChI is InChI=1S/C25H36N4O8S/c1-16(2)19-15-23(31)28(25(19)33)13-12-26-24(32)18-9-10-22(20(14-18)29(34)35)38(36,37)27-11-7-5-6-8-21(30)17(3)4/h9-10,14,16-17,19,27H,5-8,11-13,15H2,1-4H3,(H,26,32). The molecule has 0 bridgehead atoms. The van der Waals surface area contributed by atoms with Crippen LogP contribution in [0.5, 0.6) is 0 Å². The van der Waals surface area contributed by atoms with Gasteiger partial charge in [-0.2, -0.15) is 0 Å². The van der Waals surface area contributed by atoms with E-state index in [1.54, 1.807) is 0 Å². The van der Waals surface area contributed by atoms with Crippen LogP contribution in [0.3, 0.4) is 0 Å². The van der Waals surface area contributed by atoms with Gasteiger partial charge in [-0.1, -0.05) is 34.1 Å². The number of nitrogens with zero attached hydrogens (tertiary/aromatic N) is 2. The van der Waals surface area contributed by atoms with Gasteiger partial charge in [-0.05, 0) is 30.9 Å². The number of likely N-dealkylation sites (tertiary alicyclic amines) is 1. The topological polar surface area (TPSA) is 173 Å². The molecule has 0 aromatic heterocycles. The van der Waals surface area contributed by atoms with Crippen molar-refractivity contribution in [2.45, 2.75) is 64.7 Å². The van der Waals surface area contributed by atoms with Crippen molar-refractivity contribution in [2.24, 2.45) is 17.8 Å². The highest BCUT2D eigenvalue weighted by Gasteiger charge is 2.39. The maximum absolute atomic E-state index is 12.7. The zero-order valence-corrected chi connectivity index (χ0v) is 23.0. The molecule has 1 saturated heterocycles. The zero-order chi connectivity index (χ0) is 28.6. The number of nitro groups is 1. The van der Waals surface area contributed by atoms with Crippen LogP contribution in [-0.4, -0.2) is 61.4 Å². The van der Waals surface area contributed by atoms with E-state index in [0.717, 1.165) is 23.1 Å². The minimum atomic E-state index is -4.22. The van der Waals surface area contributed by atoms with E-state index in [1.165, 1.54) is 0 Å². The van der Waals surface area contributed by atoms with Gasteiger partial charge in [0.2, 0.25) is 21.8 Å². The molecule has 1 unspecified atom stereocenters. The predicted octanol–water partition coefficient (Wildman–Crippen LogP) is 2.42. The molecule has 2 rings (SSSR count). The molecule has 1 atom stereocenters. The predicted molar refractivity (Wildman–Crippen MR) is 139 cm³/mol. The first-order valence-corrected chi connectivity index (χ1v) is 14.2. The maximum Gasteiger partial charge on any atom is 0.290 e. The van der Waals surface area contributed by atoms with Gasteiger partial charge < -0.3 is 5.32 Å². The fourth-order valence-electron chi connectivity index (χ4n) is 4.05. The van der Waals surface area contributed by atoms with Crippen LogP contribution < -0.4 is 10.0 Å². The van der Waals surface area contributed by atoms with Crippen molar-refractivity contribution in [3.05, 3.63) is 33.9 Å². The summed E-state index contributed by atoms with van der Waals surface area (Å²) >= 11 is 0. The summed E-state index contributed by atoms with van der Waals surface area (Å²) in [6, 6.07) is 3.04. The normalized spacial score (nSPS) is 15.9. The lowest BCUT2D eigenvalue weighted by molar-refractivity contribution is -0.387. The average Bonchev–Trinajstić information content (AvgIpc) is 3.14. The number of benzene rings is 1. The SMILES string of the molecule is CC(C)C(=O)CCCCCNS(=O)(=O)c1ccc(C(=O)NCCN2C(=O)CC(C(C)C)C2=O)cc1[N+](=O)[O-]. The van der Waals surface area contributed by atoms with Crippen molar-refractivity contribution < 1.29 is 32.5 Å². The number of carbonyl (C=O) groups excluding carboxylic acids is 4. The van der Waals surface area contributed by atoms with Crippen molar-refractivity contribution in [1.29, 1.82) is 0 Å². The Bertz CT molecular complexity index is 1180. The van der Waals surface area contributed by atoms with E-state index in [1.807, 2.05) is 27.7 Å². The maximum atomic E-state index is 12.7. The summed E-state index contributed by atoms with van der Waals surface area (Å²) in [5.74, 6) is -1.60. The molecule has 0 saturated carbocycles. The average molecular weight is 553 g/mol. The molecule has 1 aromatic carbocycles. The van der Waals surface area contributed by atoms with Gasteiger partial charge >= 0.3 is 0 Å². The van der Waals surface area contributed by atoms with Crippen molar-refractivity contribution in [3.63, 3.8) is 0 Å². The Morgan fingerprint density at radius 1 is 1.11 bits per heavy atom. The smallest absolute Gasteiger partial charge is 0.290 e. The second kappa shape index (κ2) is 13.6. The fourth-order valence-corrected chi connectivity index (χ4v) is 5.27. The van der Waals surface area contributed by atoms with Gasteiger partial charge in [-0.3, -0.25) is 34.2 Å². The van der Waals surface area contributed by atoms with Crippen LogP contribution in [0.15, 0.2) is 23.1 Å². The third-order valence-corrected chi connectivity index (χ3v) is 7.96. The van der Waals surface area contributed by atoms with Gasteiger partial charge in [0.15, 0.2) is 4.90 Å². The molecule has 0 radical (unpaired) electrons. The molecule has 0 aliphatic carbocycles. The summed E-state index contributed by atoms with van der Waals surface area (Å²) in [5, 5.41) is 14.1. The van der Waals surface area contributed by atoms with Crippen LogP contribution in [0.4, 0.5) is 5.69 Å². The molecule has 38 heavy (non-hydrogen) atoms. The van der Waals surface area contributed by atoms with Crippen LogP contribution in [0.25, 0.3) is 0 Å². The van der Waals surface area contributed by atoms with E-state index in [4.69, 9.17) is 0 Å². The second-order valence-corrected chi connectivity index (χ2v) is 11.7. The summed E-state index contributed by atoms with van der Waals surface area (Å²) < 4.78 is 27.7. The van der Waals surface area contributed by atoms with Crippen molar-refractivity contribution >= 4 is 39.2 Å². The Morgan fingerprint density at radius 2 is 1.79 bits per heavy atom. The van der Waals surface area contributed by atoms with Crippen LogP contribution >= 0.6 is 0 Å². The molecule has 0 spiro atoms. The molecule has 1 fully saturated rings. The van der Waals surface area contributed by atoms with E-state index in [2.05, 4.69) is 10.0 Å². The van der Waals surface area contributed by atoms with E-state index >= 15 is 0 Å². The van der Waals surface area contributed by atoms with Gasteiger partial charge in [-0.15, -0.1) is 0 Å². The number of carbonyl (C=O) groups is 4. The second-order valence-electron chi connectivity index (χ2n) is 9.96. The quantitative estimate of drug-likeness (QED) is 0.144. The fraction of sp³-hybridized carbons (Fsp3) is 0.600. The Balaban J connectivity index is 1.96. The third-order valence-electron chi connectivity index (χ3n) is 6.45. The number of nitrogens with one attached hydrogen (secondary N) is 2. The Kier molecular flexibility index (Phi) is 11.1. The number of Topliss-reactive ketones (excluding diaryl/α,β-unsaturated/α-hetero) is 1. The summed E-state index contributed by atoms with van der Waals surface area (Å²) in [6.07, 6.45) is 2.25. The van der Waals surface area contributed by atoms with E-state index < -0.39 is 37.4 Å². The van der Waals surface area contributed by atoms with Crippen molar-refractivity contribution in [1.82, 2.24) is 14.9 Å². The van der Waals surface area contributed by atoms with Gasteiger partial charge in [0.05, 0.1) is 4.92 Å². The Hall–Kier alpha value is -3.19. The van der Waals surface area contributed by atoms with E-state index in [0.29, 0.717) is 25.7 Å². The highest BCUT2D eigenvalue weighted by atomic mass is 32.2. The number of imide groups is 1. The lowest BCUT2D eigenvalue weighted by atomic mass is 9.94. The molecule has 210 valence electrons. The number of rotatable bonds is 15. The van der Waals surface area contributed by atoms with E-state index in [-0.39, 0.29) is 61.1 Å². The van der Waals surface area contributed by atoms with Gasteiger partial charge in [-0.25, -0.2) is 13.1 Å². The van der Waals surface area contributed by atoms with Crippen molar-refractivity contribution in [3.8, 4) is 0 Å². The molecular formula is C25H36N4O8S. The molecule has 3 amide bonds. The summed E-state index contributed by atoms with van der Waals surface area (Å²) in [6.45, 7) is 7.30. The summed E-state index contributed by atoms with van der Waals surface area (Å²) in [7, 11) is -4.22. The lowest BCUT2D eigenvalue weighted by Gasteiger charge is -2.16. The van der Waals surface area contributed by atoms with Crippen molar-refractivity contribution in [2.75, 3.05) is 19.6 Å². The first kappa shape index (κ1) is 31.0. The van der Waals surface area contributed by atoms with Gasteiger partial charge in [0.25, 0.3) is 11.6 Å². The first-order chi connectivity index (χ1) is 17.8. The number of unbranched alkanes of at least 4 members (excludes halogenated alkanes) is 2. The lowest BCUT2D eigenvalue weighted by Crippen LogP contribution is -2.39. The Labute approximate surface area is 222 Å². The Morgan fingerprint density at radius 3 is 2.37 bits per heavy atom. The van der Waals surface area contributed by atoms with Crippen LogP contribution in [0.2, 0.25) is 0 Å². The number of amides is 3. The highest BCUT2D eigenvalue weighted by molar-refractivity contribution is 7.89. The van der Waals surface area contributed by atoms with Crippen LogP contribution in [-0.2, 0) is 24.4 Å². The number of hydrogen-bond acceptors (Lipinski definition) is 8. The third kappa shape index (κ3) is 8.15. The molecule has 2 N–H and O–H groups in total. The first-order valence-electron chi connectivity index (χ1n) is 12.7. The van der Waals surface area contributed by atoms with Gasteiger partial charge in [0, 0.05) is 55.9 Å². The molecule has 1 heterocycles. The van der Waals surface area contributed by atoms with Crippen LogP contribution in [0, 0.1) is 27.9 Å². The number of hydrogen-bond donors (Lipinski definition) is 2. The number of sulfonamides is 1. The van der Waals surface area contributed by atoms with Gasteiger partial charge in [0.1, 0.15) is 5.78 Å². The number of nitro benzene ring substituents is 1. The van der Waals surface area contributed by atoms with E-state index in [9.17, 15) is 37.7 Å². The molecule has 1 aliphatic heterocycles. The molecule has 1 aliphatic rings. The minimum Gasteiger partial charge on any atom is -0.350 e. The highest BCUT2D eigenvalue weighted by Crippen LogP contribution is 2.27. The molecular weight excluding hydrogens is 516 g/mol. The molecule has 12 nitrogen and oxygen atoms in total. The minimum absolute atomic E-state index is 0.0104. The monoisotopic (exact) mass is 552 g/mol. The molecule has 1 aromatic rings. The molecule has 13 heteroatoms. The largest absolute Gasteiger partial charge is 0.350 e. The zero-order valence-electron chi connectivity index (χ0n) is 22.2. The summed E-state index contributed by atoms with van der Waals surface area (Å²) in [5.41, 5.74) is -0.887.